The maximum absolute atomic E-state index is 13.2. The molecule has 2 aromatic heterocycles. The van der Waals surface area contributed by atoms with Crippen molar-refractivity contribution in [3.63, 3.8) is 0 Å². The van der Waals surface area contributed by atoms with E-state index in [1.54, 1.807) is 30.7 Å². The molecule has 0 unspecified atom stereocenters. The third-order valence-electron chi connectivity index (χ3n) is 3.64. The Morgan fingerprint density at radius 3 is 2.50 bits per heavy atom. The molecular weight excluding hydrogens is 333 g/mol. The molecule has 3 rings (SSSR count). The van der Waals surface area contributed by atoms with Crippen LogP contribution in [0.3, 0.4) is 0 Å². The molecule has 6 nitrogen and oxygen atoms in total. The highest BCUT2D eigenvalue weighted by Crippen LogP contribution is 2.26. The van der Waals surface area contributed by atoms with Crippen LogP contribution in [-0.4, -0.2) is 18.0 Å². The van der Waals surface area contributed by atoms with Crippen LogP contribution in [0.2, 0.25) is 0 Å². The van der Waals surface area contributed by atoms with Crippen LogP contribution < -0.4 is 4.31 Å². The zero-order chi connectivity index (χ0) is 17.3. The predicted molar refractivity (Wildman–Crippen MR) is 86.4 cm³/mol. The van der Waals surface area contributed by atoms with E-state index in [0.29, 0.717) is 17.3 Å². The number of sulfonamides is 1. The number of anilines is 1. The lowest BCUT2D eigenvalue weighted by Gasteiger charge is -2.22. The quantitative estimate of drug-likeness (QED) is 0.710. The van der Waals surface area contributed by atoms with Crippen molar-refractivity contribution in [1.82, 2.24) is 9.55 Å². The number of hydrogen-bond donors (Lipinski definition) is 0. The third kappa shape index (κ3) is 3.05. The zero-order valence-corrected chi connectivity index (χ0v) is 14.0. The average molecular weight is 349 g/mol. The largest absolute Gasteiger partial charge is 0.467 e. The number of furan rings is 1. The number of benzene rings is 1. The van der Waals surface area contributed by atoms with E-state index in [9.17, 15) is 12.8 Å². The van der Waals surface area contributed by atoms with Crippen molar-refractivity contribution in [2.45, 2.75) is 18.5 Å². The molecule has 0 spiro atoms. The van der Waals surface area contributed by atoms with E-state index in [1.807, 2.05) is 0 Å². The lowest BCUT2D eigenvalue weighted by atomic mass is 10.3. The molecule has 24 heavy (non-hydrogen) atoms. The van der Waals surface area contributed by atoms with E-state index in [1.165, 1.54) is 36.7 Å². The van der Waals surface area contributed by atoms with Crippen molar-refractivity contribution in [3.8, 4) is 0 Å². The summed E-state index contributed by atoms with van der Waals surface area (Å²) >= 11 is 0. The van der Waals surface area contributed by atoms with Crippen molar-refractivity contribution < 1.29 is 17.2 Å². The smallest absolute Gasteiger partial charge is 0.283 e. The number of hydrogen-bond acceptors (Lipinski definition) is 4. The van der Waals surface area contributed by atoms with Crippen LogP contribution in [0.25, 0.3) is 0 Å². The van der Waals surface area contributed by atoms with Gasteiger partial charge in [0.05, 0.1) is 18.5 Å². The number of imidazole rings is 1. The Morgan fingerprint density at radius 2 is 1.96 bits per heavy atom. The van der Waals surface area contributed by atoms with Crippen LogP contribution in [-0.2, 0) is 23.6 Å². The fraction of sp³-hybridized carbons (Fsp3) is 0.188. The normalized spacial score (nSPS) is 11.6. The van der Waals surface area contributed by atoms with Gasteiger partial charge in [0.15, 0.2) is 5.03 Å². The minimum absolute atomic E-state index is 0.0173. The summed E-state index contributed by atoms with van der Waals surface area (Å²) in [7, 11) is -2.21. The molecule has 126 valence electrons. The lowest BCUT2D eigenvalue weighted by molar-refractivity contribution is 0.508. The Hall–Kier alpha value is -2.61. The fourth-order valence-corrected chi connectivity index (χ4v) is 3.69. The van der Waals surface area contributed by atoms with E-state index in [0.717, 1.165) is 4.31 Å². The van der Waals surface area contributed by atoms with Gasteiger partial charge >= 0.3 is 0 Å². The molecule has 0 fully saturated rings. The fourth-order valence-electron chi connectivity index (χ4n) is 2.23. The van der Waals surface area contributed by atoms with Gasteiger partial charge in [0.1, 0.15) is 17.4 Å². The Bertz CT molecular complexity index is 912. The Kier molecular flexibility index (Phi) is 4.15. The molecule has 0 atom stereocenters. The summed E-state index contributed by atoms with van der Waals surface area (Å²) in [5, 5.41) is -0.0709. The molecule has 0 aliphatic heterocycles. The lowest BCUT2D eigenvalue weighted by Crippen LogP contribution is -2.30. The number of halogens is 1. The van der Waals surface area contributed by atoms with Gasteiger partial charge in [0.25, 0.3) is 10.0 Å². The highest BCUT2D eigenvalue weighted by molar-refractivity contribution is 7.92. The first kappa shape index (κ1) is 16.3. The molecule has 0 saturated carbocycles. The second-order valence-corrected chi connectivity index (χ2v) is 7.11. The summed E-state index contributed by atoms with van der Waals surface area (Å²) in [6, 6.07) is 8.59. The van der Waals surface area contributed by atoms with Crippen LogP contribution in [0.5, 0.6) is 0 Å². The predicted octanol–water partition coefficient (Wildman–Crippen LogP) is 2.86. The summed E-state index contributed by atoms with van der Waals surface area (Å²) in [6.07, 6.45) is 2.92. The molecular formula is C16H16FN3O3S. The van der Waals surface area contributed by atoms with Gasteiger partial charge in [0.2, 0.25) is 0 Å². The van der Waals surface area contributed by atoms with Gasteiger partial charge in [-0.2, -0.15) is 8.42 Å². The SMILES string of the molecule is Cc1nc(S(=O)(=O)N(Cc2ccco2)c2ccc(F)cc2)cn1C. The van der Waals surface area contributed by atoms with E-state index >= 15 is 0 Å². The van der Waals surface area contributed by atoms with E-state index in [-0.39, 0.29) is 11.6 Å². The molecule has 3 aromatic rings. The highest BCUT2D eigenvalue weighted by Gasteiger charge is 2.28. The van der Waals surface area contributed by atoms with Crippen LogP contribution in [0, 0.1) is 12.7 Å². The van der Waals surface area contributed by atoms with Gasteiger partial charge in [-0.3, -0.25) is 4.31 Å². The number of aromatic nitrogens is 2. The standard InChI is InChI=1S/C16H16FN3O3S/c1-12-18-16(11-19(12)2)24(21,22)20(10-15-4-3-9-23-15)14-7-5-13(17)6-8-14/h3-9,11H,10H2,1-2H3. The second-order valence-electron chi connectivity index (χ2n) is 5.30. The summed E-state index contributed by atoms with van der Waals surface area (Å²) in [6.45, 7) is 1.70. The number of nitrogens with zero attached hydrogens (tertiary/aromatic N) is 3. The Labute approximate surface area is 139 Å². The first-order chi connectivity index (χ1) is 11.4. The van der Waals surface area contributed by atoms with E-state index in [2.05, 4.69) is 4.98 Å². The molecule has 0 amide bonds. The first-order valence-corrected chi connectivity index (χ1v) is 8.62. The third-order valence-corrected chi connectivity index (χ3v) is 5.28. The summed E-state index contributed by atoms with van der Waals surface area (Å²) in [4.78, 5) is 4.10. The molecule has 0 saturated heterocycles. The molecule has 1 aromatic carbocycles. The van der Waals surface area contributed by atoms with Crippen LogP contribution in [0.1, 0.15) is 11.6 Å². The van der Waals surface area contributed by atoms with E-state index < -0.39 is 15.8 Å². The molecule has 0 bridgehead atoms. The van der Waals surface area contributed by atoms with Crippen LogP contribution in [0.4, 0.5) is 10.1 Å². The summed E-state index contributed by atoms with van der Waals surface area (Å²) < 4.78 is 47.3. The Morgan fingerprint density at radius 1 is 1.25 bits per heavy atom. The Balaban J connectivity index is 2.07. The van der Waals surface area contributed by atoms with Crippen LogP contribution >= 0.6 is 0 Å². The maximum Gasteiger partial charge on any atom is 0.283 e. The molecule has 0 radical (unpaired) electrons. The number of rotatable bonds is 5. The minimum atomic E-state index is -3.93. The van der Waals surface area contributed by atoms with Gasteiger partial charge in [-0.15, -0.1) is 0 Å². The number of aryl methyl sites for hydroxylation is 2. The molecule has 0 aliphatic rings. The topological polar surface area (TPSA) is 68.3 Å². The highest BCUT2D eigenvalue weighted by atomic mass is 32.2. The minimum Gasteiger partial charge on any atom is -0.467 e. The summed E-state index contributed by atoms with van der Waals surface area (Å²) in [5.41, 5.74) is 0.330. The van der Waals surface area contributed by atoms with Gasteiger partial charge in [-0.1, -0.05) is 0 Å². The van der Waals surface area contributed by atoms with Crippen molar-refractivity contribution in [2.24, 2.45) is 7.05 Å². The van der Waals surface area contributed by atoms with Gasteiger partial charge in [-0.05, 0) is 43.3 Å². The first-order valence-electron chi connectivity index (χ1n) is 7.18. The summed E-state index contributed by atoms with van der Waals surface area (Å²) in [5.74, 6) is 0.601. The molecule has 8 heteroatoms. The maximum atomic E-state index is 13.2. The van der Waals surface area contributed by atoms with Crippen LogP contribution in [0.15, 0.2) is 58.3 Å². The van der Waals surface area contributed by atoms with Gasteiger partial charge in [0, 0.05) is 13.2 Å². The monoisotopic (exact) mass is 349 g/mol. The second kappa shape index (κ2) is 6.12. The van der Waals surface area contributed by atoms with Gasteiger partial charge in [-0.25, -0.2) is 9.37 Å². The molecule has 0 aliphatic carbocycles. The van der Waals surface area contributed by atoms with Crippen molar-refractivity contribution in [3.05, 3.63) is 66.3 Å². The van der Waals surface area contributed by atoms with E-state index in [4.69, 9.17) is 4.42 Å². The molecule has 0 N–H and O–H groups in total. The van der Waals surface area contributed by atoms with Crippen molar-refractivity contribution in [2.75, 3.05) is 4.31 Å². The average Bonchev–Trinajstić information content (AvgIpc) is 3.17. The van der Waals surface area contributed by atoms with Crippen molar-refractivity contribution in [1.29, 1.82) is 0 Å². The van der Waals surface area contributed by atoms with Gasteiger partial charge < -0.3 is 8.98 Å². The van der Waals surface area contributed by atoms with Crippen molar-refractivity contribution >= 4 is 15.7 Å². The molecule has 2 heterocycles. The zero-order valence-electron chi connectivity index (χ0n) is 13.2.